The first-order chi connectivity index (χ1) is 17.2. The largest absolute Gasteiger partial charge is 0.482 e. The first-order valence-corrected chi connectivity index (χ1v) is 12.4. The van der Waals surface area contributed by atoms with Crippen LogP contribution in [0.5, 0.6) is 5.75 Å². The molecule has 0 heterocycles. The molecule has 1 atom stereocenters. The van der Waals surface area contributed by atoms with Crippen LogP contribution >= 0.6 is 23.2 Å². The predicted octanol–water partition coefficient (Wildman–Crippen LogP) is 5.92. The van der Waals surface area contributed by atoms with Gasteiger partial charge in [0.05, 0.1) is 5.02 Å². The molecule has 0 bridgehead atoms. The second-order valence-electron chi connectivity index (χ2n) is 8.86. The summed E-state index contributed by atoms with van der Waals surface area (Å²) >= 11 is 12.1. The van der Waals surface area contributed by atoms with Gasteiger partial charge in [-0.2, -0.15) is 0 Å². The lowest BCUT2D eigenvalue weighted by Gasteiger charge is -2.31. The third-order valence-electron chi connectivity index (χ3n) is 5.47. The van der Waals surface area contributed by atoms with Crippen LogP contribution in [0.25, 0.3) is 0 Å². The van der Waals surface area contributed by atoms with Crippen LogP contribution in [0.3, 0.4) is 0 Å². The summed E-state index contributed by atoms with van der Waals surface area (Å²) in [6, 6.07) is 19.2. The van der Waals surface area contributed by atoms with E-state index in [0.29, 0.717) is 29.3 Å². The van der Waals surface area contributed by atoms with Crippen LogP contribution in [0.2, 0.25) is 10.0 Å². The van der Waals surface area contributed by atoms with Gasteiger partial charge in [-0.1, -0.05) is 79.5 Å². The molecule has 0 aliphatic carbocycles. The number of hydrogen-bond acceptors (Lipinski definition) is 3. The standard InChI is InChI=1S/C28H29Cl2FN2O3/c1-19(2)16-32-28(35)25(14-20-6-4-3-5-7-20)33(17-21-8-11-23(31)12-9-21)27(34)18-36-26-13-10-22(29)15-24(26)30/h3-13,15,19,25H,14,16-18H2,1-2H3,(H,32,35). The van der Waals surface area contributed by atoms with E-state index in [-0.39, 0.29) is 35.8 Å². The van der Waals surface area contributed by atoms with Gasteiger partial charge in [-0.3, -0.25) is 9.59 Å². The van der Waals surface area contributed by atoms with Crippen LogP contribution in [0.1, 0.15) is 25.0 Å². The average Bonchev–Trinajstić information content (AvgIpc) is 2.85. The molecule has 5 nitrogen and oxygen atoms in total. The Bertz CT molecular complexity index is 1160. The predicted molar refractivity (Wildman–Crippen MR) is 141 cm³/mol. The van der Waals surface area contributed by atoms with E-state index >= 15 is 0 Å². The lowest BCUT2D eigenvalue weighted by molar-refractivity contribution is -0.142. The highest BCUT2D eigenvalue weighted by Gasteiger charge is 2.31. The van der Waals surface area contributed by atoms with Crippen molar-refractivity contribution in [3.63, 3.8) is 0 Å². The molecule has 3 aromatic carbocycles. The molecule has 3 rings (SSSR count). The number of halogens is 3. The van der Waals surface area contributed by atoms with Gasteiger partial charge in [0, 0.05) is 24.5 Å². The van der Waals surface area contributed by atoms with Crippen molar-refractivity contribution in [2.45, 2.75) is 32.9 Å². The fraction of sp³-hybridized carbons (Fsp3) is 0.286. The molecule has 0 spiro atoms. The maximum atomic E-state index is 13.5. The molecule has 3 aromatic rings. The highest BCUT2D eigenvalue weighted by Crippen LogP contribution is 2.27. The third kappa shape index (κ3) is 8.25. The second kappa shape index (κ2) is 13.3. The summed E-state index contributed by atoms with van der Waals surface area (Å²) in [5.41, 5.74) is 1.59. The summed E-state index contributed by atoms with van der Waals surface area (Å²) in [6.07, 6.45) is 0.305. The summed E-state index contributed by atoms with van der Waals surface area (Å²) in [5, 5.41) is 3.67. The number of benzene rings is 3. The van der Waals surface area contributed by atoms with E-state index in [4.69, 9.17) is 27.9 Å². The zero-order valence-electron chi connectivity index (χ0n) is 20.2. The Labute approximate surface area is 221 Å². The number of hydrogen-bond donors (Lipinski definition) is 1. The molecule has 0 saturated heterocycles. The van der Waals surface area contributed by atoms with Crippen molar-refractivity contribution in [3.05, 3.63) is 99.8 Å². The van der Waals surface area contributed by atoms with Gasteiger partial charge in [-0.05, 0) is 47.4 Å². The van der Waals surface area contributed by atoms with Gasteiger partial charge in [0.2, 0.25) is 5.91 Å². The van der Waals surface area contributed by atoms with E-state index in [1.807, 2.05) is 44.2 Å². The molecule has 36 heavy (non-hydrogen) atoms. The minimum Gasteiger partial charge on any atom is -0.482 e. The topological polar surface area (TPSA) is 58.6 Å². The van der Waals surface area contributed by atoms with Gasteiger partial charge >= 0.3 is 0 Å². The average molecular weight is 531 g/mol. The number of ether oxygens (including phenoxy) is 1. The number of nitrogens with one attached hydrogen (secondary N) is 1. The van der Waals surface area contributed by atoms with Crippen molar-refractivity contribution in [2.24, 2.45) is 5.92 Å². The van der Waals surface area contributed by atoms with E-state index < -0.39 is 11.9 Å². The van der Waals surface area contributed by atoms with Gasteiger partial charge in [-0.15, -0.1) is 0 Å². The quantitative estimate of drug-likeness (QED) is 0.334. The maximum absolute atomic E-state index is 13.5. The zero-order valence-corrected chi connectivity index (χ0v) is 21.7. The summed E-state index contributed by atoms with van der Waals surface area (Å²) in [4.78, 5) is 28.4. The van der Waals surface area contributed by atoms with Crippen LogP contribution < -0.4 is 10.1 Å². The lowest BCUT2D eigenvalue weighted by Crippen LogP contribution is -2.52. The molecule has 0 aliphatic heterocycles. The highest BCUT2D eigenvalue weighted by atomic mass is 35.5. The molecule has 0 aliphatic rings. The molecule has 0 aromatic heterocycles. The Hall–Kier alpha value is -3.09. The van der Waals surface area contributed by atoms with Gasteiger partial charge in [-0.25, -0.2) is 4.39 Å². The van der Waals surface area contributed by atoms with Crippen LogP contribution in [0.15, 0.2) is 72.8 Å². The van der Waals surface area contributed by atoms with Crippen molar-refractivity contribution >= 4 is 35.0 Å². The van der Waals surface area contributed by atoms with Crippen molar-refractivity contribution in [2.75, 3.05) is 13.2 Å². The smallest absolute Gasteiger partial charge is 0.261 e. The molecule has 8 heteroatoms. The molecular weight excluding hydrogens is 502 g/mol. The third-order valence-corrected chi connectivity index (χ3v) is 6.00. The minimum absolute atomic E-state index is 0.101. The van der Waals surface area contributed by atoms with E-state index in [0.717, 1.165) is 5.56 Å². The molecule has 190 valence electrons. The van der Waals surface area contributed by atoms with Crippen LogP contribution in [-0.2, 0) is 22.6 Å². The first-order valence-electron chi connectivity index (χ1n) is 11.7. The van der Waals surface area contributed by atoms with E-state index in [1.54, 1.807) is 24.3 Å². The Kier molecular flexibility index (Phi) is 10.1. The summed E-state index contributed by atoms with van der Waals surface area (Å²) in [5.74, 6) is -0.519. The Morgan fingerprint density at radius 1 is 0.972 bits per heavy atom. The zero-order chi connectivity index (χ0) is 26.1. The van der Waals surface area contributed by atoms with Crippen LogP contribution in [-0.4, -0.2) is 35.9 Å². The molecule has 0 radical (unpaired) electrons. The van der Waals surface area contributed by atoms with E-state index in [1.165, 1.54) is 23.1 Å². The summed E-state index contributed by atoms with van der Waals surface area (Å²) in [6.45, 7) is 4.23. The Morgan fingerprint density at radius 3 is 2.31 bits per heavy atom. The number of amides is 2. The Morgan fingerprint density at radius 2 is 1.67 bits per heavy atom. The number of carbonyl (C=O) groups is 2. The van der Waals surface area contributed by atoms with Crippen LogP contribution in [0, 0.1) is 11.7 Å². The molecule has 0 saturated carbocycles. The van der Waals surface area contributed by atoms with E-state index in [9.17, 15) is 14.0 Å². The van der Waals surface area contributed by atoms with Crippen molar-refractivity contribution < 1.29 is 18.7 Å². The second-order valence-corrected chi connectivity index (χ2v) is 9.70. The van der Waals surface area contributed by atoms with Gasteiger partial charge in [0.1, 0.15) is 17.6 Å². The molecule has 2 amide bonds. The summed E-state index contributed by atoms with van der Waals surface area (Å²) < 4.78 is 19.2. The first kappa shape index (κ1) is 27.5. The SMILES string of the molecule is CC(C)CNC(=O)C(Cc1ccccc1)N(Cc1ccc(F)cc1)C(=O)COc1ccc(Cl)cc1Cl. The van der Waals surface area contributed by atoms with E-state index in [2.05, 4.69) is 5.32 Å². The molecule has 1 N–H and O–H groups in total. The van der Waals surface area contributed by atoms with Crippen molar-refractivity contribution in [1.29, 1.82) is 0 Å². The fourth-order valence-corrected chi connectivity index (χ4v) is 4.04. The molecular formula is C28H29Cl2FN2O3. The highest BCUT2D eigenvalue weighted by molar-refractivity contribution is 6.35. The molecule has 0 fully saturated rings. The Balaban J connectivity index is 1.90. The lowest BCUT2D eigenvalue weighted by atomic mass is 10.0. The van der Waals surface area contributed by atoms with Gasteiger partial charge < -0.3 is 15.0 Å². The van der Waals surface area contributed by atoms with Crippen molar-refractivity contribution in [1.82, 2.24) is 10.2 Å². The number of carbonyl (C=O) groups excluding carboxylic acids is 2. The normalized spacial score (nSPS) is 11.7. The number of rotatable bonds is 11. The monoisotopic (exact) mass is 530 g/mol. The maximum Gasteiger partial charge on any atom is 0.261 e. The van der Waals surface area contributed by atoms with Gasteiger partial charge in [0.25, 0.3) is 5.91 Å². The minimum atomic E-state index is -0.812. The fourth-order valence-electron chi connectivity index (χ4n) is 3.58. The summed E-state index contributed by atoms with van der Waals surface area (Å²) in [7, 11) is 0. The number of nitrogens with zero attached hydrogens (tertiary/aromatic N) is 1. The van der Waals surface area contributed by atoms with Crippen molar-refractivity contribution in [3.8, 4) is 5.75 Å². The van der Waals surface area contributed by atoms with Crippen LogP contribution in [0.4, 0.5) is 4.39 Å². The van der Waals surface area contributed by atoms with Gasteiger partial charge in [0.15, 0.2) is 6.61 Å². The molecule has 1 unspecified atom stereocenters.